The maximum Gasteiger partial charge on any atom is 0.123 e. The van der Waals surface area contributed by atoms with Crippen LogP contribution in [0.25, 0.3) is 0 Å². The fourth-order valence-electron chi connectivity index (χ4n) is 1.75. The standard InChI is InChI=1S/C10H14N2O/c11-9-6-8(2-5-12-9)7-10(13)3-1-4-10/h2,5-6,13H,1,3-4,7H2,(H2,11,12). The van der Waals surface area contributed by atoms with Crippen molar-refractivity contribution < 1.29 is 5.11 Å². The molecule has 0 atom stereocenters. The molecule has 0 radical (unpaired) electrons. The van der Waals surface area contributed by atoms with Crippen LogP contribution in [0.5, 0.6) is 0 Å². The molecule has 0 aliphatic heterocycles. The molecule has 0 aromatic carbocycles. The number of pyridine rings is 1. The Labute approximate surface area is 77.6 Å². The van der Waals surface area contributed by atoms with Crippen LogP contribution in [-0.4, -0.2) is 15.7 Å². The Balaban J connectivity index is 2.09. The molecule has 0 amide bonds. The Morgan fingerprint density at radius 1 is 1.54 bits per heavy atom. The van der Waals surface area contributed by atoms with Crippen molar-refractivity contribution in [2.75, 3.05) is 5.73 Å². The van der Waals surface area contributed by atoms with Crippen LogP contribution in [0.15, 0.2) is 18.3 Å². The number of hydrogen-bond acceptors (Lipinski definition) is 3. The molecule has 3 heteroatoms. The van der Waals surface area contributed by atoms with Gasteiger partial charge in [0.15, 0.2) is 0 Å². The fraction of sp³-hybridized carbons (Fsp3) is 0.500. The Morgan fingerprint density at radius 2 is 2.31 bits per heavy atom. The van der Waals surface area contributed by atoms with Gasteiger partial charge < -0.3 is 10.8 Å². The number of hydrogen-bond donors (Lipinski definition) is 2. The predicted octanol–water partition coefficient (Wildman–Crippen LogP) is 1.12. The minimum absolute atomic E-state index is 0.464. The van der Waals surface area contributed by atoms with Crippen molar-refractivity contribution in [3.63, 3.8) is 0 Å². The molecule has 0 saturated heterocycles. The second-order valence-corrected chi connectivity index (χ2v) is 3.84. The zero-order valence-electron chi connectivity index (χ0n) is 7.53. The van der Waals surface area contributed by atoms with Crippen LogP contribution in [-0.2, 0) is 6.42 Å². The van der Waals surface area contributed by atoms with Crippen molar-refractivity contribution in [2.24, 2.45) is 0 Å². The van der Waals surface area contributed by atoms with Gasteiger partial charge in [-0.1, -0.05) is 0 Å². The Kier molecular flexibility index (Phi) is 1.96. The zero-order chi connectivity index (χ0) is 9.31. The number of nitrogens with two attached hydrogens (primary N) is 1. The minimum Gasteiger partial charge on any atom is -0.390 e. The van der Waals surface area contributed by atoms with E-state index in [9.17, 15) is 5.11 Å². The molecule has 1 aromatic rings. The third-order valence-electron chi connectivity index (χ3n) is 2.66. The fourth-order valence-corrected chi connectivity index (χ4v) is 1.75. The van der Waals surface area contributed by atoms with Crippen molar-refractivity contribution in [1.29, 1.82) is 0 Å². The molecule has 1 aliphatic carbocycles. The Bertz CT molecular complexity index is 308. The van der Waals surface area contributed by atoms with Crippen LogP contribution in [0, 0.1) is 0 Å². The molecular weight excluding hydrogens is 164 g/mol. The molecule has 1 fully saturated rings. The molecule has 0 bridgehead atoms. The van der Waals surface area contributed by atoms with E-state index >= 15 is 0 Å². The Hall–Kier alpha value is -1.09. The molecule has 1 aromatic heterocycles. The third-order valence-corrected chi connectivity index (χ3v) is 2.66. The quantitative estimate of drug-likeness (QED) is 0.713. The monoisotopic (exact) mass is 178 g/mol. The molecule has 13 heavy (non-hydrogen) atoms. The van der Waals surface area contributed by atoms with E-state index < -0.39 is 5.60 Å². The van der Waals surface area contributed by atoms with Crippen LogP contribution >= 0.6 is 0 Å². The summed E-state index contributed by atoms with van der Waals surface area (Å²) in [7, 11) is 0. The van der Waals surface area contributed by atoms with E-state index in [-0.39, 0.29) is 0 Å². The van der Waals surface area contributed by atoms with Gasteiger partial charge in [0.2, 0.25) is 0 Å². The second kappa shape index (κ2) is 3.00. The molecular formula is C10H14N2O. The summed E-state index contributed by atoms with van der Waals surface area (Å²) in [6, 6.07) is 3.74. The number of nitrogen functional groups attached to an aromatic ring is 1. The molecule has 3 nitrogen and oxygen atoms in total. The lowest BCUT2D eigenvalue weighted by Crippen LogP contribution is -2.38. The molecule has 0 unspecified atom stereocenters. The third kappa shape index (κ3) is 1.80. The number of rotatable bonds is 2. The maximum absolute atomic E-state index is 9.89. The number of nitrogens with zero attached hydrogens (tertiary/aromatic N) is 1. The molecule has 2 rings (SSSR count). The van der Waals surface area contributed by atoms with Crippen LogP contribution < -0.4 is 5.73 Å². The van der Waals surface area contributed by atoms with E-state index in [2.05, 4.69) is 4.98 Å². The van der Waals surface area contributed by atoms with Crippen LogP contribution in [0.2, 0.25) is 0 Å². The normalized spacial score (nSPS) is 19.5. The van der Waals surface area contributed by atoms with Gasteiger partial charge in [-0.2, -0.15) is 0 Å². The largest absolute Gasteiger partial charge is 0.390 e. The summed E-state index contributed by atoms with van der Waals surface area (Å²) in [6.45, 7) is 0. The molecule has 3 N–H and O–H groups in total. The summed E-state index contributed by atoms with van der Waals surface area (Å²) < 4.78 is 0. The lowest BCUT2D eigenvalue weighted by molar-refractivity contribution is -0.0322. The average Bonchev–Trinajstić information content (AvgIpc) is 2.01. The molecule has 70 valence electrons. The highest BCUT2D eigenvalue weighted by molar-refractivity contribution is 5.32. The highest BCUT2D eigenvalue weighted by Gasteiger charge is 2.34. The van der Waals surface area contributed by atoms with Crippen molar-refractivity contribution >= 4 is 5.82 Å². The van der Waals surface area contributed by atoms with E-state index in [1.54, 1.807) is 6.20 Å². The first-order valence-electron chi connectivity index (χ1n) is 4.61. The lowest BCUT2D eigenvalue weighted by atomic mass is 9.76. The van der Waals surface area contributed by atoms with E-state index in [1.165, 1.54) is 0 Å². The van der Waals surface area contributed by atoms with Crippen molar-refractivity contribution in [1.82, 2.24) is 4.98 Å². The first-order valence-corrected chi connectivity index (χ1v) is 4.61. The van der Waals surface area contributed by atoms with Crippen LogP contribution in [0.1, 0.15) is 24.8 Å². The summed E-state index contributed by atoms with van der Waals surface area (Å²) in [5.74, 6) is 0.528. The topological polar surface area (TPSA) is 59.1 Å². The van der Waals surface area contributed by atoms with E-state index in [0.29, 0.717) is 12.2 Å². The molecule has 0 spiro atoms. The minimum atomic E-state index is -0.464. The second-order valence-electron chi connectivity index (χ2n) is 3.84. The van der Waals surface area contributed by atoms with Crippen molar-refractivity contribution in [3.05, 3.63) is 23.9 Å². The number of anilines is 1. The molecule has 1 saturated carbocycles. The summed E-state index contributed by atoms with van der Waals surface area (Å²) in [5, 5.41) is 9.89. The lowest BCUT2D eigenvalue weighted by Gasteiger charge is -2.36. The van der Waals surface area contributed by atoms with Gasteiger partial charge in [0.25, 0.3) is 0 Å². The first-order chi connectivity index (χ1) is 6.18. The number of aromatic nitrogens is 1. The van der Waals surface area contributed by atoms with E-state index in [0.717, 1.165) is 24.8 Å². The average molecular weight is 178 g/mol. The van der Waals surface area contributed by atoms with Crippen LogP contribution in [0.4, 0.5) is 5.82 Å². The predicted molar refractivity (Wildman–Crippen MR) is 51.2 cm³/mol. The SMILES string of the molecule is Nc1cc(CC2(O)CCC2)ccn1. The van der Waals surface area contributed by atoms with Gasteiger partial charge in [0.1, 0.15) is 5.82 Å². The van der Waals surface area contributed by atoms with Crippen molar-refractivity contribution in [2.45, 2.75) is 31.3 Å². The van der Waals surface area contributed by atoms with Gasteiger partial charge in [0, 0.05) is 12.6 Å². The van der Waals surface area contributed by atoms with Crippen molar-refractivity contribution in [3.8, 4) is 0 Å². The maximum atomic E-state index is 9.89. The van der Waals surface area contributed by atoms with Gasteiger partial charge >= 0.3 is 0 Å². The molecule has 1 heterocycles. The summed E-state index contributed by atoms with van der Waals surface area (Å²) in [6.07, 6.45) is 5.36. The summed E-state index contributed by atoms with van der Waals surface area (Å²) in [4.78, 5) is 3.91. The Morgan fingerprint density at radius 3 is 2.85 bits per heavy atom. The smallest absolute Gasteiger partial charge is 0.123 e. The summed E-state index contributed by atoms with van der Waals surface area (Å²) in [5.41, 5.74) is 6.16. The van der Waals surface area contributed by atoms with E-state index in [1.807, 2.05) is 12.1 Å². The highest BCUT2D eigenvalue weighted by Crippen LogP contribution is 2.34. The van der Waals surface area contributed by atoms with E-state index in [4.69, 9.17) is 5.73 Å². The van der Waals surface area contributed by atoms with Crippen LogP contribution in [0.3, 0.4) is 0 Å². The number of aliphatic hydroxyl groups is 1. The highest BCUT2D eigenvalue weighted by atomic mass is 16.3. The summed E-state index contributed by atoms with van der Waals surface area (Å²) >= 11 is 0. The van der Waals surface area contributed by atoms with Gasteiger partial charge in [-0.25, -0.2) is 4.98 Å². The van der Waals surface area contributed by atoms with Gasteiger partial charge in [-0.05, 0) is 37.0 Å². The molecule has 1 aliphatic rings. The zero-order valence-corrected chi connectivity index (χ0v) is 7.53. The van der Waals surface area contributed by atoms with Gasteiger partial charge in [0.05, 0.1) is 5.60 Å². The van der Waals surface area contributed by atoms with Gasteiger partial charge in [-0.3, -0.25) is 0 Å². The van der Waals surface area contributed by atoms with Gasteiger partial charge in [-0.15, -0.1) is 0 Å². The first kappa shape index (κ1) is 8.51.